The van der Waals surface area contributed by atoms with Crippen LogP contribution in [0.15, 0.2) is 65.2 Å². The maximum absolute atomic E-state index is 13.3. The van der Waals surface area contributed by atoms with Gasteiger partial charge in [0.25, 0.3) is 5.91 Å². The van der Waals surface area contributed by atoms with E-state index in [1.54, 1.807) is 0 Å². The highest BCUT2D eigenvalue weighted by Crippen LogP contribution is 2.41. The van der Waals surface area contributed by atoms with E-state index >= 15 is 0 Å². The molecule has 1 aliphatic heterocycles. The summed E-state index contributed by atoms with van der Waals surface area (Å²) in [4.78, 5) is 26.5. The molecule has 136 valence electrons. The summed E-state index contributed by atoms with van der Waals surface area (Å²) in [7, 11) is 1.42. The Morgan fingerprint density at radius 2 is 1.89 bits per heavy atom. The second-order valence-electron chi connectivity index (χ2n) is 5.82. The van der Waals surface area contributed by atoms with E-state index in [0.29, 0.717) is 12.1 Å². The van der Waals surface area contributed by atoms with E-state index in [9.17, 15) is 19.2 Å². The number of carbonyl (C=O) groups excluding carboxylic acids is 2. The van der Waals surface area contributed by atoms with Crippen molar-refractivity contribution in [1.29, 1.82) is 5.26 Å². The largest absolute Gasteiger partial charge is 0.354 e. The minimum atomic E-state index is -0.569. The Labute approximate surface area is 160 Å². The van der Waals surface area contributed by atoms with Crippen LogP contribution >= 0.6 is 11.8 Å². The van der Waals surface area contributed by atoms with Crippen LogP contribution in [0.5, 0.6) is 0 Å². The zero-order valence-corrected chi connectivity index (χ0v) is 15.3. The Balaban J connectivity index is 2.04. The third kappa shape index (κ3) is 3.86. The second kappa shape index (κ2) is 8.06. The summed E-state index contributed by atoms with van der Waals surface area (Å²) in [6.45, 7) is 0. The summed E-state index contributed by atoms with van der Waals surface area (Å²) in [5.74, 6) is -1.25. The van der Waals surface area contributed by atoms with E-state index in [-0.39, 0.29) is 16.5 Å². The highest BCUT2D eigenvalue weighted by molar-refractivity contribution is 8.05. The minimum absolute atomic E-state index is 0.143. The molecule has 0 spiro atoms. The first-order chi connectivity index (χ1) is 13.0. The average molecular weight is 381 g/mol. The smallest absolute Gasteiger partial charge is 0.264 e. The number of halogens is 1. The van der Waals surface area contributed by atoms with Crippen LogP contribution in [0.4, 0.5) is 10.1 Å². The van der Waals surface area contributed by atoms with Gasteiger partial charge in [0, 0.05) is 12.7 Å². The average Bonchev–Trinajstić information content (AvgIpc) is 3.00. The quantitative estimate of drug-likeness (QED) is 0.653. The SMILES string of the molecule is CNC(=O)/C(C#N)=C1\S[C@@H](Cc2ccccc2)C(=O)N1c1ccc(F)cc1. The van der Waals surface area contributed by atoms with Crippen molar-refractivity contribution in [2.24, 2.45) is 0 Å². The molecule has 1 fully saturated rings. The number of nitrogens with one attached hydrogen (secondary N) is 1. The summed E-state index contributed by atoms with van der Waals surface area (Å²) in [5, 5.41) is 11.7. The zero-order valence-electron chi connectivity index (χ0n) is 14.5. The van der Waals surface area contributed by atoms with Gasteiger partial charge >= 0.3 is 0 Å². The first kappa shape index (κ1) is 18.7. The number of anilines is 1. The number of nitrogens with zero attached hydrogens (tertiary/aromatic N) is 2. The van der Waals surface area contributed by atoms with Gasteiger partial charge in [-0.2, -0.15) is 5.26 Å². The van der Waals surface area contributed by atoms with Crippen LogP contribution in [0.25, 0.3) is 0 Å². The van der Waals surface area contributed by atoms with Gasteiger partial charge in [-0.3, -0.25) is 14.5 Å². The second-order valence-corrected chi connectivity index (χ2v) is 7.01. The fraction of sp³-hybridized carbons (Fsp3) is 0.150. The number of amides is 2. The lowest BCUT2D eigenvalue weighted by molar-refractivity contribution is -0.117. The molecule has 3 rings (SSSR count). The lowest BCUT2D eigenvalue weighted by Crippen LogP contribution is -2.31. The molecule has 2 aromatic rings. The Morgan fingerprint density at radius 3 is 2.48 bits per heavy atom. The molecule has 0 bridgehead atoms. The molecule has 0 unspecified atom stereocenters. The van der Waals surface area contributed by atoms with Crippen LogP contribution in [-0.2, 0) is 16.0 Å². The van der Waals surface area contributed by atoms with E-state index in [1.165, 1.54) is 48.0 Å². The van der Waals surface area contributed by atoms with Gasteiger partial charge in [-0.25, -0.2) is 4.39 Å². The lowest BCUT2D eigenvalue weighted by Gasteiger charge is -2.18. The molecule has 2 amide bonds. The number of benzene rings is 2. The highest BCUT2D eigenvalue weighted by Gasteiger charge is 2.40. The van der Waals surface area contributed by atoms with Crippen LogP contribution in [0.2, 0.25) is 0 Å². The topological polar surface area (TPSA) is 73.2 Å². The Hall–Kier alpha value is -3.11. The van der Waals surface area contributed by atoms with Crippen LogP contribution in [-0.4, -0.2) is 24.1 Å². The highest BCUT2D eigenvalue weighted by atomic mass is 32.2. The van der Waals surface area contributed by atoms with Crippen molar-refractivity contribution in [2.45, 2.75) is 11.7 Å². The van der Waals surface area contributed by atoms with Crippen LogP contribution < -0.4 is 10.2 Å². The molecular weight excluding hydrogens is 365 g/mol. The molecule has 0 aliphatic carbocycles. The molecule has 1 aliphatic rings. The number of carbonyl (C=O) groups is 2. The lowest BCUT2D eigenvalue weighted by atomic mass is 10.1. The van der Waals surface area contributed by atoms with Crippen molar-refractivity contribution in [3.05, 3.63) is 76.6 Å². The van der Waals surface area contributed by atoms with Gasteiger partial charge in [0.1, 0.15) is 22.5 Å². The van der Waals surface area contributed by atoms with Gasteiger partial charge in [-0.1, -0.05) is 42.1 Å². The Bertz CT molecular complexity index is 936. The van der Waals surface area contributed by atoms with Crippen molar-refractivity contribution >= 4 is 29.3 Å². The summed E-state index contributed by atoms with van der Waals surface area (Å²) in [6, 6.07) is 16.8. The molecule has 0 radical (unpaired) electrons. The van der Waals surface area contributed by atoms with E-state index < -0.39 is 17.0 Å². The van der Waals surface area contributed by atoms with Crippen LogP contribution in [0.1, 0.15) is 5.56 Å². The van der Waals surface area contributed by atoms with Crippen molar-refractivity contribution < 1.29 is 14.0 Å². The predicted molar refractivity (Wildman–Crippen MR) is 102 cm³/mol. The number of nitriles is 1. The van der Waals surface area contributed by atoms with Crippen molar-refractivity contribution in [3.63, 3.8) is 0 Å². The third-order valence-electron chi connectivity index (χ3n) is 4.08. The summed E-state index contributed by atoms with van der Waals surface area (Å²) < 4.78 is 13.3. The molecule has 1 heterocycles. The molecule has 1 N–H and O–H groups in total. The zero-order chi connectivity index (χ0) is 19.4. The molecule has 5 nitrogen and oxygen atoms in total. The molecular formula is C20H16FN3O2S. The number of rotatable bonds is 4. The normalized spacial score (nSPS) is 18.2. The van der Waals surface area contributed by atoms with Gasteiger partial charge in [0.05, 0.1) is 5.25 Å². The van der Waals surface area contributed by atoms with Crippen molar-refractivity contribution in [3.8, 4) is 6.07 Å². The van der Waals surface area contributed by atoms with E-state index in [4.69, 9.17) is 0 Å². The van der Waals surface area contributed by atoms with E-state index in [1.807, 2.05) is 36.4 Å². The maximum Gasteiger partial charge on any atom is 0.264 e. The summed E-state index contributed by atoms with van der Waals surface area (Å²) in [5.41, 5.74) is 1.24. The number of thioether (sulfide) groups is 1. The number of hydrogen-bond donors (Lipinski definition) is 1. The fourth-order valence-electron chi connectivity index (χ4n) is 2.77. The van der Waals surface area contributed by atoms with Crippen molar-refractivity contribution in [2.75, 3.05) is 11.9 Å². The Kier molecular flexibility index (Phi) is 5.57. The third-order valence-corrected chi connectivity index (χ3v) is 5.34. The van der Waals surface area contributed by atoms with Gasteiger partial charge < -0.3 is 5.32 Å². The molecule has 7 heteroatoms. The minimum Gasteiger partial charge on any atom is -0.354 e. The monoisotopic (exact) mass is 381 g/mol. The van der Waals surface area contributed by atoms with Gasteiger partial charge in [-0.05, 0) is 36.2 Å². The van der Waals surface area contributed by atoms with Crippen molar-refractivity contribution in [1.82, 2.24) is 5.32 Å². The molecule has 0 saturated carbocycles. The summed E-state index contributed by atoms with van der Waals surface area (Å²) in [6.07, 6.45) is 0.456. The first-order valence-corrected chi connectivity index (χ1v) is 9.09. The van der Waals surface area contributed by atoms with Crippen LogP contribution in [0.3, 0.4) is 0 Å². The Morgan fingerprint density at radius 1 is 1.22 bits per heavy atom. The number of hydrogen-bond acceptors (Lipinski definition) is 4. The molecule has 1 atom stereocenters. The predicted octanol–water partition coefficient (Wildman–Crippen LogP) is 3.00. The van der Waals surface area contributed by atoms with E-state index in [2.05, 4.69) is 5.32 Å². The van der Waals surface area contributed by atoms with Crippen LogP contribution in [0, 0.1) is 17.1 Å². The van der Waals surface area contributed by atoms with Gasteiger partial charge in [0.2, 0.25) is 5.91 Å². The van der Waals surface area contributed by atoms with E-state index in [0.717, 1.165) is 5.56 Å². The standard InChI is InChI=1S/C20H16FN3O2S/c1-23-18(25)16(12-22)20-24(15-9-7-14(21)8-10-15)19(26)17(27-20)11-13-5-3-2-4-6-13/h2-10,17H,11H2,1H3,(H,23,25)/b20-16-/t17-/m0/s1. The molecule has 2 aromatic carbocycles. The van der Waals surface area contributed by atoms with Gasteiger partial charge in [0.15, 0.2) is 0 Å². The summed E-state index contributed by atoms with van der Waals surface area (Å²) >= 11 is 1.18. The molecule has 0 aromatic heterocycles. The first-order valence-electron chi connectivity index (χ1n) is 8.21. The molecule has 27 heavy (non-hydrogen) atoms. The molecule has 1 saturated heterocycles. The van der Waals surface area contributed by atoms with Gasteiger partial charge in [-0.15, -0.1) is 0 Å². The maximum atomic E-state index is 13.3. The fourth-order valence-corrected chi connectivity index (χ4v) is 4.07. The number of likely N-dealkylation sites (N-methyl/N-ethyl adjacent to an activating group) is 1.